The maximum Gasteiger partial charge on any atom is 0.410 e. The van der Waals surface area contributed by atoms with Crippen molar-refractivity contribution in [3.63, 3.8) is 0 Å². The van der Waals surface area contributed by atoms with E-state index >= 15 is 0 Å². The van der Waals surface area contributed by atoms with Crippen LogP contribution in [0.4, 0.5) is 4.79 Å². The Balaban J connectivity index is 2.42. The fourth-order valence-electron chi connectivity index (χ4n) is 2.19. The third kappa shape index (κ3) is 4.94. The molecule has 4 heteroatoms. The average molecular weight is 243 g/mol. The van der Waals surface area contributed by atoms with E-state index in [2.05, 4.69) is 0 Å². The summed E-state index contributed by atoms with van der Waals surface area (Å²) in [5, 5.41) is 8.76. The molecule has 0 bridgehead atoms. The largest absolute Gasteiger partial charge is 0.444 e. The van der Waals surface area contributed by atoms with Gasteiger partial charge in [-0.3, -0.25) is 0 Å². The Morgan fingerprint density at radius 2 is 2.12 bits per heavy atom. The molecule has 1 rings (SSSR count). The fraction of sp³-hybridized carbons (Fsp3) is 0.923. The van der Waals surface area contributed by atoms with E-state index in [0.29, 0.717) is 6.04 Å². The van der Waals surface area contributed by atoms with E-state index in [9.17, 15) is 4.79 Å². The number of amides is 1. The third-order valence-corrected chi connectivity index (χ3v) is 2.95. The Kier molecular flexibility index (Phi) is 5.25. The predicted molar refractivity (Wildman–Crippen MR) is 66.9 cm³/mol. The van der Waals surface area contributed by atoms with E-state index in [1.807, 2.05) is 25.7 Å². The molecular formula is C13H25NO3. The van der Waals surface area contributed by atoms with Crippen LogP contribution in [0.25, 0.3) is 0 Å². The number of unbranched alkanes of at least 4 members (excludes halogenated alkanes) is 1. The molecule has 4 nitrogen and oxygen atoms in total. The van der Waals surface area contributed by atoms with Gasteiger partial charge in [0.1, 0.15) is 5.60 Å². The monoisotopic (exact) mass is 243 g/mol. The summed E-state index contributed by atoms with van der Waals surface area (Å²) in [4.78, 5) is 13.8. The number of hydrogen-bond acceptors (Lipinski definition) is 3. The minimum Gasteiger partial charge on any atom is -0.444 e. The van der Waals surface area contributed by atoms with Gasteiger partial charge < -0.3 is 14.7 Å². The van der Waals surface area contributed by atoms with Gasteiger partial charge in [0.05, 0.1) is 0 Å². The zero-order valence-corrected chi connectivity index (χ0v) is 11.2. The molecule has 0 spiro atoms. The van der Waals surface area contributed by atoms with Crippen LogP contribution in [-0.2, 0) is 4.74 Å². The van der Waals surface area contributed by atoms with Crippen LogP contribution in [-0.4, -0.2) is 40.9 Å². The van der Waals surface area contributed by atoms with E-state index in [1.54, 1.807) is 0 Å². The van der Waals surface area contributed by atoms with E-state index in [0.717, 1.165) is 38.6 Å². The summed E-state index contributed by atoms with van der Waals surface area (Å²) in [5.74, 6) is 0. The molecular weight excluding hydrogens is 218 g/mol. The third-order valence-electron chi connectivity index (χ3n) is 2.95. The van der Waals surface area contributed by atoms with Crippen LogP contribution in [0.5, 0.6) is 0 Å². The van der Waals surface area contributed by atoms with Crippen molar-refractivity contribution in [3.8, 4) is 0 Å². The quantitative estimate of drug-likeness (QED) is 0.772. The highest BCUT2D eigenvalue weighted by atomic mass is 16.6. The number of nitrogens with zero attached hydrogens (tertiary/aromatic N) is 1. The molecule has 0 aromatic carbocycles. The lowest BCUT2D eigenvalue weighted by Gasteiger charge is -2.28. The second-order valence-corrected chi connectivity index (χ2v) is 5.69. The standard InChI is InChI=1S/C13H25NO3/c1-13(2,3)17-12(16)14-9-6-8-11(14)7-4-5-10-15/h11,15H,4-10H2,1-3H3/t11-/m1/s1. The van der Waals surface area contributed by atoms with Crippen LogP contribution in [0.3, 0.4) is 0 Å². The normalized spacial score (nSPS) is 20.7. The van der Waals surface area contributed by atoms with Crippen LogP contribution in [0.2, 0.25) is 0 Å². The molecule has 1 amide bonds. The zero-order chi connectivity index (χ0) is 12.9. The summed E-state index contributed by atoms with van der Waals surface area (Å²) >= 11 is 0. The number of aliphatic hydroxyl groups is 1. The molecule has 0 radical (unpaired) electrons. The summed E-state index contributed by atoms with van der Waals surface area (Å²) in [6.07, 6.45) is 4.69. The van der Waals surface area contributed by atoms with Gasteiger partial charge >= 0.3 is 6.09 Å². The SMILES string of the molecule is CC(C)(C)OC(=O)N1CCC[C@H]1CCCCO. The average Bonchev–Trinajstić information content (AvgIpc) is 2.64. The smallest absolute Gasteiger partial charge is 0.410 e. The van der Waals surface area contributed by atoms with Crippen LogP contribution in [0, 0.1) is 0 Å². The number of carbonyl (C=O) groups excluding carboxylic acids is 1. The van der Waals surface area contributed by atoms with Crippen molar-refractivity contribution in [2.75, 3.05) is 13.2 Å². The molecule has 0 aliphatic carbocycles. The van der Waals surface area contributed by atoms with Gasteiger partial charge in [0.25, 0.3) is 0 Å². The minimum atomic E-state index is -0.421. The highest BCUT2D eigenvalue weighted by molar-refractivity contribution is 5.68. The highest BCUT2D eigenvalue weighted by Crippen LogP contribution is 2.24. The molecule has 1 saturated heterocycles. The second-order valence-electron chi connectivity index (χ2n) is 5.69. The van der Waals surface area contributed by atoms with Gasteiger partial charge in [0.15, 0.2) is 0 Å². The Morgan fingerprint density at radius 1 is 1.41 bits per heavy atom. The molecule has 1 fully saturated rings. The molecule has 0 aromatic rings. The lowest BCUT2D eigenvalue weighted by molar-refractivity contribution is 0.0218. The fourth-order valence-corrected chi connectivity index (χ4v) is 2.19. The van der Waals surface area contributed by atoms with Crippen molar-refractivity contribution in [2.24, 2.45) is 0 Å². The van der Waals surface area contributed by atoms with Crippen LogP contribution in [0.1, 0.15) is 52.9 Å². The molecule has 1 atom stereocenters. The first kappa shape index (κ1) is 14.3. The van der Waals surface area contributed by atoms with Gasteiger partial charge in [-0.1, -0.05) is 0 Å². The number of ether oxygens (including phenoxy) is 1. The van der Waals surface area contributed by atoms with E-state index < -0.39 is 5.60 Å². The maximum absolute atomic E-state index is 12.0. The molecule has 0 unspecified atom stereocenters. The van der Waals surface area contributed by atoms with Crippen molar-refractivity contribution in [1.29, 1.82) is 0 Å². The van der Waals surface area contributed by atoms with Gasteiger partial charge in [-0.05, 0) is 52.9 Å². The number of hydrogen-bond donors (Lipinski definition) is 1. The zero-order valence-electron chi connectivity index (χ0n) is 11.2. The molecule has 1 heterocycles. The molecule has 1 N–H and O–H groups in total. The lowest BCUT2D eigenvalue weighted by atomic mass is 10.1. The first-order valence-electron chi connectivity index (χ1n) is 6.54. The van der Waals surface area contributed by atoms with Crippen LogP contribution in [0.15, 0.2) is 0 Å². The summed E-state index contributed by atoms with van der Waals surface area (Å²) in [6, 6.07) is 0.302. The maximum atomic E-state index is 12.0. The van der Waals surface area contributed by atoms with Gasteiger partial charge in [0.2, 0.25) is 0 Å². The summed E-state index contributed by atoms with van der Waals surface area (Å²) in [5.41, 5.74) is -0.421. The van der Waals surface area contributed by atoms with Gasteiger partial charge in [-0.2, -0.15) is 0 Å². The van der Waals surface area contributed by atoms with E-state index in [4.69, 9.17) is 9.84 Å². The van der Waals surface area contributed by atoms with E-state index in [1.165, 1.54) is 0 Å². The predicted octanol–water partition coefficient (Wildman–Crippen LogP) is 2.55. The molecule has 100 valence electrons. The molecule has 1 aliphatic heterocycles. The van der Waals surface area contributed by atoms with Crippen molar-refractivity contribution < 1.29 is 14.6 Å². The first-order chi connectivity index (χ1) is 7.94. The minimum absolute atomic E-state index is 0.191. The Morgan fingerprint density at radius 3 is 2.71 bits per heavy atom. The Bertz CT molecular complexity index is 248. The molecule has 0 aromatic heterocycles. The summed E-state index contributed by atoms with van der Waals surface area (Å²) < 4.78 is 5.40. The topological polar surface area (TPSA) is 49.8 Å². The van der Waals surface area contributed by atoms with E-state index in [-0.39, 0.29) is 12.7 Å². The molecule has 0 saturated carbocycles. The van der Waals surface area contributed by atoms with Gasteiger partial charge in [0, 0.05) is 19.2 Å². The number of carbonyl (C=O) groups is 1. The van der Waals surface area contributed by atoms with Crippen molar-refractivity contribution >= 4 is 6.09 Å². The van der Waals surface area contributed by atoms with Crippen molar-refractivity contribution in [2.45, 2.75) is 64.5 Å². The Labute approximate surface area is 104 Å². The van der Waals surface area contributed by atoms with Crippen molar-refractivity contribution in [3.05, 3.63) is 0 Å². The lowest BCUT2D eigenvalue weighted by Crippen LogP contribution is -2.39. The molecule has 1 aliphatic rings. The van der Waals surface area contributed by atoms with Gasteiger partial charge in [-0.25, -0.2) is 4.79 Å². The van der Waals surface area contributed by atoms with Crippen molar-refractivity contribution in [1.82, 2.24) is 4.90 Å². The number of likely N-dealkylation sites (tertiary alicyclic amines) is 1. The first-order valence-corrected chi connectivity index (χ1v) is 6.54. The summed E-state index contributed by atoms with van der Waals surface area (Å²) in [7, 11) is 0. The highest BCUT2D eigenvalue weighted by Gasteiger charge is 2.31. The summed E-state index contributed by atoms with van der Waals surface area (Å²) in [6.45, 7) is 6.71. The number of aliphatic hydroxyl groups excluding tert-OH is 1. The Hall–Kier alpha value is -0.770. The second kappa shape index (κ2) is 6.24. The number of rotatable bonds is 4. The molecule has 17 heavy (non-hydrogen) atoms. The van der Waals surface area contributed by atoms with Crippen LogP contribution < -0.4 is 0 Å². The van der Waals surface area contributed by atoms with Gasteiger partial charge in [-0.15, -0.1) is 0 Å². The van der Waals surface area contributed by atoms with Crippen LogP contribution >= 0.6 is 0 Å².